The average molecular weight is 450 g/mol. The van der Waals surface area contributed by atoms with Gasteiger partial charge in [-0.2, -0.15) is 0 Å². The number of aromatic nitrogens is 1. The van der Waals surface area contributed by atoms with E-state index >= 15 is 0 Å². The molecule has 0 unspecified atom stereocenters. The number of nitrogens with one attached hydrogen (secondary N) is 2. The minimum absolute atomic E-state index is 0. The van der Waals surface area contributed by atoms with E-state index in [1.807, 2.05) is 0 Å². The van der Waals surface area contributed by atoms with Crippen molar-refractivity contribution < 1.29 is 0 Å². The fraction of sp³-hybridized carbons (Fsp3) is 0.765. The molecule has 1 heterocycles. The molecule has 1 saturated carbocycles. The van der Waals surface area contributed by atoms with Gasteiger partial charge in [0, 0.05) is 31.4 Å². The Labute approximate surface area is 162 Å². The summed E-state index contributed by atoms with van der Waals surface area (Å²) in [5.74, 6) is 0.953. The third-order valence-corrected chi connectivity index (χ3v) is 5.49. The number of hydrogen-bond donors (Lipinski definition) is 2. The minimum atomic E-state index is 0. The Balaban J connectivity index is 0.00000264. The molecular formula is C17H31IN4S. The van der Waals surface area contributed by atoms with Gasteiger partial charge < -0.3 is 10.6 Å². The molecule has 0 saturated heterocycles. The second-order valence-electron chi connectivity index (χ2n) is 6.29. The molecule has 1 aliphatic carbocycles. The van der Waals surface area contributed by atoms with Crippen molar-refractivity contribution in [2.24, 2.45) is 10.4 Å². The first-order chi connectivity index (χ1) is 10.7. The number of halogens is 1. The van der Waals surface area contributed by atoms with E-state index in [2.05, 4.69) is 41.8 Å². The van der Waals surface area contributed by atoms with Crippen LogP contribution in [-0.2, 0) is 6.42 Å². The van der Waals surface area contributed by atoms with Crippen LogP contribution in [0.3, 0.4) is 0 Å². The Bertz CT molecular complexity index is 481. The highest BCUT2D eigenvalue weighted by Crippen LogP contribution is 2.41. The fourth-order valence-corrected chi connectivity index (χ4v) is 3.82. The van der Waals surface area contributed by atoms with Crippen molar-refractivity contribution in [3.05, 3.63) is 16.1 Å². The normalized spacial score (nSPS) is 16.9. The van der Waals surface area contributed by atoms with Crippen molar-refractivity contribution in [3.63, 3.8) is 0 Å². The quantitative estimate of drug-likeness (QED) is 0.373. The first-order valence-electron chi connectivity index (χ1n) is 8.60. The summed E-state index contributed by atoms with van der Waals surface area (Å²) in [6, 6.07) is 0. The Morgan fingerprint density at radius 1 is 1.30 bits per heavy atom. The van der Waals surface area contributed by atoms with Crippen molar-refractivity contribution in [2.45, 2.75) is 59.3 Å². The van der Waals surface area contributed by atoms with E-state index in [1.165, 1.54) is 37.8 Å². The second-order valence-corrected chi connectivity index (χ2v) is 7.35. The maximum atomic E-state index is 4.85. The van der Waals surface area contributed by atoms with Crippen LogP contribution in [0.2, 0.25) is 0 Å². The maximum absolute atomic E-state index is 4.85. The number of hydrogen-bond acceptors (Lipinski definition) is 3. The van der Waals surface area contributed by atoms with Crippen LogP contribution in [0.5, 0.6) is 0 Å². The molecule has 1 aromatic heterocycles. The van der Waals surface area contributed by atoms with Gasteiger partial charge in [-0.25, -0.2) is 4.98 Å². The lowest BCUT2D eigenvalue weighted by atomic mass is 9.84. The Morgan fingerprint density at radius 2 is 2.04 bits per heavy atom. The zero-order chi connectivity index (χ0) is 15.8. The van der Waals surface area contributed by atoms with E-state index in [1.54, 1.807) is 11.3 Å². The van der Waals surface area contributed by atoms with Gasteiger partial charge in [0.2, 0.25) is 0 Å². The first kappa shape index (κ1) is 20.7. The summed E-state index contributed by atoms with van der Waals surface area (Å²) in [5.41, 5.74) is 1.63. The molecule has 0 aromatic carbocycles. The van der Waals surface area contributed by atoms with Crippen molar-refractivity contribution in [3.8, 4) is 0 Å². The Hall–Kier alpha value is -0.370. The summed E-state index contributed by atoms with van der Waals surface area (Å²) >= 11 is 1.72. The molecule has 0 bridgehead atoms. The van der Waals surface area contributed by atoms with Crippen molar-refractivity contribution in [1.29, 1.82) is 0 Å². The molecule has 0 spiro atoms. The first-order valence-corrected chi connectivity index (χ1v) is 9.48. The third kappa shape index (κ3) is 6.57. The summed E-state index contributed by atoms with van der Waals surface area (Å²) in [4.78, 5) is 9.36. The molecule has 23 heavy (non-hydrogen) atoms. The molecule has 0 amide bonds. The summed E-state index contributed by atoms with van der Waals surface area (Å²) < 4.78 is 0. The average Bonchev–Trinajstić information content (AvgIpc) is 3.15. The van der Waals surface area contributed by atoms with Crippen molar-refractivity contribution in [2.75, 3.05) is 19.6 Å². The highest BCUT2D eigenvalue weighted by atomic mass is 127. The zero-order valence-corrected chi connectivity index (χ0v) is 17.8. The van der Waals surface area contributed by atoms with Gasteiger partial charge in [-0.1, -0.05) is 19.8 Å². The highest BCUT2D eigenvalue weighted by Gasteiger charge is 2.31. The molecule has 1 aromatic rings. The van der Waals surface area contributed by atoms with Gasteiger partial charge in [0.1, 0.15) is 0 Å². The van der Waals surface area contributed by atoms with E-state index in [4.69, 9.17) is 4.99 Å². The van der Waals surface area contributed by atoms with Crippen molar-refractivity contribution >= 4 is 41.3 Å². The molecular weight excluding hydrogens is 419 g/mol. The maximum Gasteiger partial charge on any atom is 0.191 e. The van der Waals surface area contributed by atoms with E-state index in [-0.39, 0.29) is 24.0 Å². The lowest BCUT2D eigenvalue weighted by molar-refractivity contribution is 0.297. The standard InChI is InChI=1S/C17H30N4S.HI/c1-4-17(9-6-7-10-17)13-20-16(18-5-2)19-11-8-15-12-22-14(3)21-15;/h12H,4-11,13H2,1-3H3,(H2,18,19,20);1H. The van der Waals surface area contributed by atoms with Gasteiger partial charge >= 0.3 is 0 Å². The molecule has 4 nitrogen and oxygen atoms in total. The molecule has 0 atom stereocenters. The lowest BCUT2D eigenvalue weighted by Gasteiger charge is -2.25. The molecule has 2 N–H and O–H groups in total. The summed E-state index contributed by atoms with van der Waals surface area (Å²) in [6.07, 6.45) is 7.61. The van der Waals surface area contributed by atoms with E-state index in [0.717, 1.165) is 37.0 Å². The number of aryl methyl sites for hydroxylation is 1. The summed E-state index contributed by atoms with van der Waals surface area (Å²) in [5, 5.41) is 10.1. The number of aliphatic imine (C=N–C) groups is 1. The van der Waals surface area contributed by atoms with Crippen LogP contribution < -0.4 is 10.6 Å². The van der Waals surface area contributed by atoms with Crippen LogP contribution in [0.1, 0.15) is 56.7 Å². The zero-order valence-electron chi connectivity index (χ0n) is 14.7. The molecule has 0 radical (unpaired) electrons. The third-order valence-electron chi connectivity index (χ3n) is 4.67. The minimum Gasteiger partial charge on any atom is -0.357 e. The highest BCUT2D eigenvalue weighted by molar-refractivity contribution is 14.0. The van der Waals surface area contributed by atoms with Gasteiger partial charge in [0.05, 0.1) is 10.7 Å². The summed E-state index contributed by atoms with van der Waals surface area (Å²) in [6.45, 7) is 9.22. The van der Waals surface area contributed by atoms with Crippen LogP contribution in [-0.4, -0.2) is 30.6 Å². The van der Waals surface area contributed by atoms with Crippen LogP contribution in [0.15, 0.2) is 10.4 Å². The van der Waals surface area contributed by atoms with Crippen LogP contribution in [0.25, 0.3) is 0 Å². The number of nitrogens with zero attached hydrogens (tertiary/aromatic N) is 2. The molecule has 132 valence electrons. The topological polar surface area (TPSA) is 49.3 Å². The number of thiazole rings is 1. The van der Waals surface area contributed by atoms with E-state index in [9.17, 15) is 0 Å². The smallest absolute Gasteiger partial charge is 0.191 e. The SMILES string of the molecule is CCNC(=NCC1(CC)CCCC1)NCCc1csc(C)n1.I. The number of guanidine groups is 1. The van der Waals surface area contributed by atoms with Gasteiger partial charge in [-0.05, 0) is 38.5 Å². The Morgan fingerprint density at radius 3 is 2.61 bits per heavy atom. The van der Waals surface area contributed by atoms with Gasteiger partial charge in [0.25, 0.3) is 0 Å². The molecule has 1 fully saturated rings. The largest absolute Gasteiger partial charge is 0.357 e. The lowest BCUT2D eigenvalue weighted by Crippen LogP contribution is -2.39. The van der Waals surface area contributed by atoms with E-state index in [0.29, 0.717) is 5.41 Å². The van der Waals surface area contributed by atoms with Crippen LogP contribution >= 0.6 is 35.3 Å². The predicted molar refractivity (Wildman–Crippen MR) is 111 cm³/mol. The van der Waals surface area contributed by atoms with Crippen molar-refractivity contribution in [1.82, 2.24) is 15.6 Å². The molecule has 0 aliphatic heterocycles. The van der Waals surface area contributed by atoms with Crippen LogP contribution in [0.4, 0.5) is 0 Å². The summed E-state index contributed by atoms with van der Waals surface area (Å²) in [7, 11) is 0. The van der Waals surface area contributed by atoms with E-state index < -0.39 is 0 Å². The van der Waals surface area contributed by atoms with Gasteiger partial charge in [-0.3, -0.25) is 4.99 Å². The Kier molecular flexibility index (Phi) is 9.43. The molecule has 2 rings (SSSR count). The molecule has 1 aliphatic rings. The van der Waals surface area contributed by atoms with Gasteiger partial charge in [0.15, 0.2) is 5.96 Å². The predicted octanol–water partition coefficient (Wildman–Crippen LogP) is 4.14. The fourth-order valence-electron chi connectivity index (χ4n) is 3.17. The molecule has 6 heteroatoms. The number of rotatable bonds is 7. The monoisotopic (exact) mass is 450 g/mol. The van der Waals surface area contributed by atoms with Gasteiger partial charge in [-0.15, -0.1) is 35.3 Å². The van der Waals surface area contributed by atoms with Crippen LogP contribution in [0, 0.1) is 12.3 Å². The second kappa shape index (κ2) is 10.5.